The molecule has 0 saturated heterocycles. The molecule has 1 aromatic rings. The van der Waals surface area contributed by atoms with Crippen LogP contribution in [0.3, 0.4) is 0 Å². The molecule has 0 fully saturated rings. The Morgan fingerprint density at radius 3 is 2.50 bits per heavy atom. The van der Waals surface area contributed by atoms with E-state index in [4.69, 9.17) is 4.74 Å². The molecule has 0 aliphatic heterocycles. The number of nitrogens with one attached hydrogen (secondary N) is 1. The van der Waals surface area contributed by atoms with E-state index in [1.807, 2.05) is 0 Å². The molecule has 2 N–H and O–H groups in total. The molecule has 1 amide bonds. The van der Waals surface area contributed by atoms with E-state index in [1.165, 1.54) is 0 Å². The summed E-state index contributed by atoms with van der Waals surface area (Å²) in [6.07, 6.45) is 0.122. The Morgan fingerprint density at radius 2 is 2.00 bits per heavy atom. The molecular formula is C15H21NO4. The van der Waals surface area contributed by atoms with Gasteiger partial charge in [-0.1, -0.05) is 32.9 Å². The second kappa shape index (κ2) is 6.41. The number of hydrogen-bond acceptors (Lipinski definition) is 3. The monoisotopic (exact) mass is 279 g/mol. The number of amides is 1. The van der Waals surface area contributed by atoms with E-state index in [9.17, 15) is 14.7 Å². The van der Waals surface area contributed by atoms with Crippen molar-refractivity contribution in [1.29, 1.82) is 0 Å². The van der Waals surface area contributed by atoms with Crippen LogP contribution in [-0.2, 0) is 16.0 Å². The van der Waals surface area contributed by atoms with Crippen molar-refractivity contribution in [2.24, 2.45) is 5.41 Å². The molecular weight excluding hydrogens is 258 g/mol. The van der Waals surface area contributed by atoms with Crippen molar-refractivity contribution >= 4 is 11.9 Å². The Morgan fingerprint density at radius 1 is 1.35 bits per heavy atom. The molecule has 0 aliphatic rings. The first-order valence-electron chi connectivity index (χ1n) is 6.39. The second-order valence-electron chi connectivity index (χ2n) is 5.73. The zero-order chi connectivity index (χ0) is 15.3. The van der Waals surface area contributed by atoms with E-state index in [0.717, 1.165) is 5.56 Å². The van der Waals surface area contributed by atoms with Gasteiger partial charge >= 0.3 is 5.97 Å². The van der Waals surface area contributed by atoms with Crippen LogP contribution < -0.4 is 10.1 Å². The molecule has 1 rings (SSSR count). The number of carboxylic acid groups (broad SMARTS) is 1. The van der Waals surface area contributed by atoms with Crippen molar-refractivity contribution in [2.45, 2.75) is 33.2 Å². The topological polar surface area (TPSA) is 75.6 Å². The van der Waals surface area contributed by atoms with E-state index in [2.05, 4.69) is 5.32 Å². The molecule has 0 heterocycles. The lowest BCUT2D eigenvalue weighted by Crippen LogP contribution is -2.49. The summed E-state index contributed by atoms with van der Waals surface area (Å²) in [5.41, 5.74) is 0.232. The minimum absolute atomic E-state index is 0.122. The number of carbonyl (C=O) groups excluding carboxylic acids is 1. The highest BCUT2D eigenvalue weighted by atomic mass is 16.5. The van der Waals surface area contributed by atoms with Crippen molar-refractivity contribution in [1.82, 2.24) is 5.32 Å². The molecule has 0 aliphatic carbocycles. The number of aliphatic carboxylic acids is 1. The lowest BCUT2D eigenvalue weighted by atomic mass is 9.86. The highest BCUT2D eigenvalue weighted by Crippen LogP contribution is 2.20. The fourth-order valence-corrected chi connectivity index (χ4v) is 1.83. The van der Waals surface area contributed by atoms with Crippen LogP contribution in [0.2, 0.25) is 0 Å². The van der Waals surface area contributed by atoms with Gasteiger partial charge in [0.25, 0.3) is 0 Å². The number of benzene rings is 1. The number of methoxy groups -OCH3 is 1. The first-order chi connectivity index (χ1) is 9.24. The third kappa shape index (κ3) is 4.57. The summed E-state index contributed by atoms with van der Waals surface area (Å²) in [6, 6.07) is 6.22. The molecule has 0 aromatic heterocycles. The van der Waals surface area contributed by atoms with Crippen LogP contribution in [-0.4, -0.2) is 30.1 Å². The SMILES string of the molecule is COc1cccc(CC(=O)N[C@H](C(=O)O)C(C)(C)C)c1. The van der Waals surface area contributed by atoms with E-state index >= 15 is 0 Å². The van der Waals surface area contributed by atoms with Gasteiger partial charge in [-0.2, -0.15) is 0 Å². The molecule has 110 valence electrons. The lowest BCUT2D eigenvalue weighted by Gasteiger charge is -2.27. The van der Waals surface area contributed by atoms with E-state index in [1.54, 1.807) is 52.1 Å². The highest BCUT2D eigenvalue weighted by Gasteiger charge is 2.32. The number of carbonyl (C=O) groups is 2. The van der Waals surface area contributed by atoms with Crippen LogP contribution in [0.5, 0.6) is 5.75 Å². The van der Waals surface area contributed by atoms with Gasteiger partial charge in [-0.25, -0.2) is 4.79 Å². The van der Waals surface area contributed by atoms with Crippen LogP contribution >= 0.6 is 0 Å². The Hall–Kier alpha value is -2.04. The first-order valence-corrected chi connectivity index (χ1v) is 6.39. The van der Waals surface area contributed by atoms with E-state index < -0.39 is 17.4 Å². The minimum atomic E-state index is -1.03. The molecule has 0 radical (unpaired) electrons. The fraction of sp³-hybridized carbons (Fsp3) is 0.467. The molecule has 5 heteroatoms. The van der Waals surface area contributed by atoms with Crippen LogP contribution in [0.25, 0.3) is 0 Å². The second-order valence-corrected chi connectivity index (χ2v) is 5.73. The average molecular weight is 279 g/mol. The van der Waals surface area contributed by atoms with Crippen LogP contribution in [0.1, 0.15) is 26.3 Å². The van der Waals surface area contributed by atoms with Gasteiger partial charge < -0.3 is 15.2 Å². The molecule has 0 spiro atoms. The lowest BCUT2D eigenvalue weighted by molar-refractivity contribution is -0.144. The van der Waals surface area contributed by atoms with Crippen LogP contribution in [0, 0.1) is 5.41 Å². The third-order valence-corrected chi connectivity index (χ3v) is 2.92. The van der Waals surface area contributed by atoms with Gasteiger partial charge in [0, 0.05) is 0 Å². The standard InChI is InChI=1S/C15H21NO4/c1-15(2,3)13(14(18)19)16-12(17)9-10-6-5-7-11(8-10)20-4/h5-8,13H,9H2,1-4H3,(H,16,17)(H,18,19)/t13-/m1/s1. The summed E-state index contributed by atoms with van der Waals surface area (Å²) in [4.78, 5) is 23.2. The Labute approximate surface area is 118 Å². The quantitative estimate of drug-likeness (QED) is 0.862. The summed E-state index contributed by atoms with van der Waals surface area (Å²) >= 11 is 0. The smallest absolute Gasteiger partial charge is 0.326 e. The Bertz CT molecular complexity index is 491. The predicted molar refractivity (Wildman–Crippen MR) is 75.7 cm³/mol. The summed E-state index contributed by atoms with van der Waals surface area (Å²) < 4.78 is 5.08. The average Bonchev–Trinajstić information content (AvgIpc) is 2.34. The third-order valence-electron chi connectivity index (χ3n) is 2.92. The molecule has 20 heavy (non-hydrogen) atoms. The number of hydrogen-bond donors (Lipinski definition) is 2. The maximum absolute atomic E-state index is 12.0. The van der Waals surface area contributed by atoms with Crippen molar-refractivity contribution in [3.05, 3.63) is 29.8 Å². The molecule has 0 saturated carbocycles. The highest BCUT2D eigenvalue weighted by molar-refractivity contribution is 5.85. The van der Waals surface area contributed by atoms with Gasteiger partial charge in [-0.3, -0.25) is 4.79 Å². The Balaban J connectivity index is 2.73. The fourth-order valence-electron chi connectivity index (χ4n) is 1.83. The van der Waals surface area contributed by atoms with Crippen LogP contribution in [0.15, 0.2) is 24.3 Å². The van der Waals surface area contributed by atoms with Gasteiger partial charge in [-0.05, 0) is 23.1 Å². The van der Waals surface area contributed by atoms with Crippen molar-refractivity contribution in [3.63, 3.8) is 0 Å². The molecule has 0 unspecified atom stereocenters. The summed E-state index contributed by atoms with van der Waals surface area (Å²) in [7, 11) is 1.55. The van der Waals surface area contributed by atoms with Crippen molar-refractivity contribution < 1.29 is 19.4 Å². The molecule has 1 atom stereocenters. The zero-order valence-electron chi connectivity index (χ0n) is 12.3. The van der Waals surface area contributed by atoms with Gasteiger partial charge in [0.1, 0.15) is 11.8 Å². The maximum atomic E-state index is 12.0. The molecule has 0 bridgehead atoms. The first kappa shape index (κ1) is 16.0. The van der Waals surface area contributed by atoms with Crippen molar-refractivity contribution in [2.75, 3.05) is 7.11 Å². The number of carboxylic acids is 1. The summed E-state index contributed by atoms with van der Waals surface area (Å²) in [5.74, 6) is -0.682. The van der Waals surface area contributed by atoms with Gasteiger partial charge in [0.2, 0.25) is 5.91 Å². The normalized spacial score (nSPS) is 12.6. The van der Waals surface area contributed by atoms with Crippen molar-refractivity contribution in [3.8, 4) is 5.75 Å². The van der Waals surface area contributed by atoms with Gasteiger partial charge in [-0.15, -0.1) is 0 Å². The molecule has 1 aromatic carbocycles. The largest absolute Gasteiger partial charge is 0.497 e. The van der Waals surface area contributed by atoms with Crippen LogP contribution in [0.4, 0.5) is 0 Å². The van der Waals surface area contributed by atoms with Gasteiger partial charge in [0.15, 0.2) is 0 Å². The summed E-state index contributed by atoms with van der Waals surface area (Å²) in [6.45, 7) is 5.33. The summed E-state index contributed by atoms with van der Waals surface area (Å²) in [5, 5.41) is 11.7. The Kier molecular flexibility index (Phi) is 5.13. The number of rotatable bonds is 5. The van der Waals surface area contributed by atoms with Gasteiger partial charge in [0.05, 0.1) is 13.5 Å². The maximum Gasteiger partial charge on any atom is 0.326 e. The number of ether oxygens (including phenoxy) is 1. The minimum Gasteiger partial charge on any atom is -0.497 e. The predicted octanol–water partition coefficient (Wildman–Crippen LogP) is 1.85. The van der Waals surface area contributed by atoms with E-state index in [-0.39, 0.29) is 12.3 Å². The molecule has 5 nitrogen and oxygen atoms in total. The zero-order valence-corrected chi connectivity index (χ0v) is 12.3. The van der Waals surface area contributed by atoms with E-state index in [0.29, 0.717) is 5.75 Å².